The van der Waals surface area contributed by atoms with Crippen molar-refractivity contribution in [3.05, 3.63) is 11.6 Å². The van der Waals surface area contributed by atoms with Gasteiger partial charge in [0.1, 0.15) is 0 Å². The quantitative estimate of drug-likeness (QED) is 0.441. The van der Waals surface area contributed by atoms with Crippen LogP contribution in [0, 0.1) is 0 Å². The largest absolute Gasteiger partial charge is 0.392 e. The van der Waals surface area contributed by atoms with Crippen LogP contribution in [0.4, 0.5) is 0 Å². The second-order valence-corrected chi connectivity index (χ2v) is 2.75. The summed E-state index contributed by atoms with van der Waals surface area (Å²) in [6, 6.07) is 0. The molecule has 0 amide bonds. The number of aliphatic hydroxyl groups excluding tert-OH is 1. The summed E-state index contributed by atoms with van der Waals surface area (Å²) in [7, 11) is 0. The zero-order chi connectivity index (χ0) is 6.41. The number of hydrogen-bond donors (Lipinski definition) is 1. The number of hydrogen-bond acceptors (Lipinski definition) is 1. The van der Waals surface area contributed by atoms with Gasteiger partial charge in [-0.1, -0.05) is 34.2 Å². The highest BCUT2D eigenvalue weighted by Crippen LogP contribution is 2.00. The highest BCUT2D eigenvalue weighted by atomic mass is 127. The first kappa shape index (κ1) is 8.43. The van der Waals surface area contributed by atoms with E-state index in [-0.39, 0.29) is 6.61 Å². The Hall–Kier alpha value is 0.430. The van der Waals surface area contributed by atoms with E-state index in [1.54, 1.807) is 0 Å². The molecule has 0 bridgehead atoms. The Morgan fingerprint density at radius 3 is 2.75 bits per heavy atom. The van der Waals surface area contributed by atoms with E-state index in [0.29, 0.717) is 0 Å². The number of alkyl halides is 1. The van der Waals surface area contributed by atoms with Crippen molar-refractivity contribution in [2.45, 2.75) is 13.3 Å². The molecular weight excluding hydrogens is 215 g/mol. The lowest BCUT2D eigenvalue weighted by Gasteiger charge is -1.92. The summed E-state index contributed by atoms with van der Waals surface area (Å²) in [5, 5.41) is 8.38. The Morgan fingerprint density at radius 2 is 2.38 bits per heavy atom. The standard InChI is InChI=1S/C6H11IO/c1-6(2-4-7)3-5-8/h3,8H,2,4-5H2,1H3/b6-3-. The highest BCUT2D eigenvalue weighted by Gasteiger charge is 1.83. The molecule has 0 saturated heterocycles. The summed E-state index contributed by atoms with van der Waals surface area (Å²) < 4.78 is 1.14. The van der Waals surface area contributed by atoms with E-state index in [1.165, 1.54) is 5.57 Å². The van der Waals surface area contributed by atoms with E-state index in [9.17, 15) is 0 Å². The van der Waals surface area contributed by atoms with Crippen molar-refractivity contribution in [2.75, 3.05) is 11.0 Å². The first-order chi connectivity index (χ1) is 3.81. The zero-order valence-electron chi connectivity index (χ0n) is 5.02. The topological polar surface area (TPSA) is 20.2 Å². The van der Waals surface area contributed by atoms with Crippen molar-refractivity contribution in [1.82, 2.24) is 0 Å². The van der Waals surface area contributed by atoms with Gasteiger partial charge in [-0.3, -0.25) is 0 Å². The summed E-state index contributed by atoms with van der Waals surface area (Å²) in [4.78, 5) is 0. The van der Waals surface area contributed by atoms with Crippen LogP contribution in [0.1, 0.15) is 13.3 Å². The van der Waals surface area contributed by atoms with Crippen molar-refractivity contribution < 1.29 is 5.11 Å². The van der Waals surface area contributed by atoms with Gasteiger partial charge in [0.05, 0.1) is 6.61 Å². The highest BCUT2D eigenvalue weighted by molar-refractivity contribution is 14.1. The fourth-order valence-corrected chi connectivity index (χ4v) is 1.26. The summed E-state index contributed by atoms with van der Waals surface area (Å²) in [5.41, 5.74) is 1.28. The molecule has 0 aromatic carbocycles. The van der Waals surface area contributed by atoms with Crippen LogP contribution in [0.3, 0.4) is 0 Å². The summed E-state index contributed by atoms with van der Waals surface area (Å²) in [6.45, 7) is 2.22. The molecule has 0 aliphatic heterocycles. The lowest BCUT2D eigenvalue weighted by atomic mass is 10.2. The average molecular weight is 226 g/mol. The molecule has 0 rings (SSSR count). The SMILES string of the molecule is C/C(=C/CO)CCI. The molecule has 0 atom stereocenters. The van der Waals surface area contributed by atoms with E-state index in [2.05, 4.69) is 22.6 Å². The Balaban J connectivity index is 3.29. The minimum absolute atomic E-state index is 0.183. The fourth-order valence-electron chi connectivity index (χ4n) is 0.407. The Morgan fingerprint density at radius 1 is 1.75 bits per heavy atom. The molecule has 0 fully saturated rings. The summed E-state index contributed by atoms with van der Waals surface area (Å²) in [5.74, 6) is 0. The Kier molecular flexibility index (Phi) is 5.86. The Bertz CT molecular complexity index is 78.6. The Labute approximate surface area is 63.9 Å². The van der Waals surface area contributed by atoms with Gasteiger partial charge in [-0.25, -0.2) is 0 Å². The van der Waals surface area contributed by atoms with Crippen molar-refractivity contribution >= 4 is 22.6 Å². The van der Waals surface area contributed by atoms with Gasteiger partial charge in [0, 0.05) is 4.43 Å². The molecule has 0 unspecified atom stereocenters. The van der Waals surface area contributed by atoms with Crippen LogP contribution < -0.4 is 0 Å². The van der Waals surface area contributed by atoms with Gasteiger partial charge < -0.3 is 5.11 Å². The molecule has 0 heterocycles. The van der Waals surface area contributed by atoms with Crippen molar-refractivity contribution in [3.8, 4) is 0 Å². The molecule has 2 heteroatoms. The smallest absolute Gasteiger partial charge is 0.0614 e. The van der Waals surface area contributed by atoms with Crippen molar-refractivity contribution in [2.24, 2.45) is 0 Å². The van der Waals surface area contributed by atoms with Gasteiger partial charge in [0.2, 0.25) is 0 Å². The van der Waals surface area contributed by atoms with Crippen LogP contribution in [0.15, 0.2) is 11.6 Å². The van der Waals surface area contributed by atoms with E-state index in [1.807, 2.05) is 13.0 Å². The number of rotatable bonds is 3. The third kappa shape index (κ3) is 4.59. The summed E-state index contributed by atoms with van der Waals surface area (Å²) >= 11 is 2.32. The van der Waals surface area contributed by atoms with Crippen LogP contribution >= 0.6 is 22.6 Å². The van der Waals surface area contributed by atoms with E-state index in [0.717, 1.165) is 10.8 Å². The van der Waals surface area contributed by atoms with Crippen LogP contribution in [-0.2, 0) is 0 Å². The van der Waals surface area contributed by atoms with Gasteiger partial charge in [-0.05, 0) is 13.3 Å². The number of halogens is 1. The molecule has 0 radical (unpaired) electrons. The van der Waals surface area contributed by atoms with Crippen LogP contribution in [0.5, 0.6) is 0 Å². The van der Waals surface area contributed by atoms with Gasteiger partial charge in [-0.15, -0.1) is 0 Å². The van der Waals surface area contributed by atoms with Gasteiger partial charge >= 0.3 is 0 Å². The van der Waals surface area contributed by atoms with Crippen molar-refractivity contribution in [3.63, 3.8) is 0 Å². The predicted octanol–water partition coefficient (Wildman–Crippen LogP) is 1.75. The zero-order valence-corrected chi connectivity index (χ0v) is 7.18. The first-order valence-corrected chi connectivity index (χ1v) is 4.16. The third-order valence-corrected chi connectivity index (χ3v) is 1.47. The molecule has 0 spiro atoms. The molecule has 0 aliphatic carbocycles. The lowest BCUT2D eigenvalue weighted by Crippen LogP contribution is -1.80. The van der Waals surface area contributed by atoms with Crippen molar-refractivity contribution in [1.29, 1.82) is 0 Å². The lowest BCUT2D eigenvalue weighted by molar-refractivity contribution is 0.341. The first-order valence-electron chi connectivity index (χ1n) is 2.63. The van der Waals surface area contributed by atoms with Crippen LogP contribution in [-0.4, -0.2) is 16.1 Å². The number of allylic oxidation sites excluding steroid dienone is 1. The normalized spacial score (nSPS) is 12.1. The average Bonchev–Trinajstić information content (AvgIpc) is 1.68. The minimum atomic E-state index is 0.183. The fraction of sp³-hybridized carbons (Fsp3) is 0.667. The maximum absolute atomic E-state index is 8.38. The van der Waals surface area contributed by atoms with Crippen LogP contribution in [0.25, 0.3) is 0 Å². The maximum atomic E-state index is 8.38. The molecule has 8 heavy (non-hydrogen) atoms. The molecule has 0 aromatic rings. The monoisotopic (exact) mass is 226 g/mol. The molecule has 48 valence electrons. The second kappa shape index (κ2) is 5.56. The molecular formula is C6H11IO. The molecule has 0 aliphatic rings. The second-order valence-electron chi connectivity index (χ2n) is 1.67. The predicted molar refractivity (Wildman–Crippen MR) is 44.3 cm³/mol. The molecule has 1 N–H and O–H groups in total. The summed E-state index contributed by atoms with van der Waals surface area (Å²) in [6.07, 6.45) is 2.94. The van der Waals surface area contributed by atoms with Gasteiger partial charge in [0.15, 0.2) is 0 Å². The molecule has 0 aromatic heterocycles. The molecule has 0 saturated carbocycles. The minimum Gasteiger partial charge on any atom is -0.392 e. The van der Waals surface area contributed by atoms with Gasteiger partial charge in [0.25, 0.3) is 0 Å². The molecule has 1 nitrogen and oxygen atoms in total. The van der Waals surface area contributed by atoms with Gasteiger partial charge in [-0.2, -0.15) is 0 Å². The van der Waals surface area contributed by atoms with E-state index in [4.69, 9.17) is 5.11 Å². The van der Waals surface area contributed by atoms with E-state index >= 15 is 0 Å². The van der Waals surface area contributed by atoms with E-state index < -0.39 is 0 Å². The number of aliphatic hydroxyl groups is 1. The maximum Gasteiger partial charge on any atom is 0.0614 e. The third-order valence-electron chi connectivity index (χ3n) is 0.929. The van der Waals surface area contributed by atoms with Crippen LogP contribution in [0.2, 0.25) is 0 Å².